The number of nitrogens with zero attached hydrogens (tertiary/aromatic N) is 2. The summed E-state index contributed by atoms with van der Waals surface area (Å²) in [7, 11) is -1.41. The largest absolute Gasteiger partial charge is 0.497 e. The van der Waals surface area contributed by atoms with E-state index in [0.717, 1.165) is 4.31 Å². The molecule has 11 heteroatoms. The van der Waals surface area contributed by atoms with Crippen molar-refractivity contribution in [3.05, 3.63) is 84.2 Å². The third-order valence-corrected chi connectivity index (χ3v) is 8.14. The van der Waals surface area contributed by atoms with Crippen LogP contribution in [0.25, 0.3) is 0 Å². The Kier molecular flexibility index (Phi) is 10.7. The molecule has 0 aromatic heterocycles. The van der Waals surface area contributed by atoms with Crippen molar-refractivity contribution in [1.29, 1.82) is 0 Å². The van der Waals surface area contributed by atoms with Crippen LogP contribution >= 0.6 is 0 Å². The van der Waals surface area contributed by atoms with Crippen LogP contribution in [0, 0.1) is 5.82 Å². The summed E-state index contributed by atoms with van der Waals surface area (Å²) >= 11 is 0. The van der Waals surface area contributed by atoms with Gasteiger partial charge in [0.1, 0.15) is 29.9 Å². The smallest absolute Gasteiger partial charge is 0.264 e. The quantitative estimate of drug-likeness (QED) is 0.320. The van der Waals surface area contributed by atoms with Crippen molar-refractivity contribution in [3.8, 4) is 11.5 Å². The lowest BCUT2D eigenvalue weighted by Crippen LogP contribution is -2.53. The molecule has 0 radical (unpaired) electrons. The molecule has 41 heavy (non-hydrogen) atoms. The van der Waals surface area contributed by atoms with E-state index in [1.54, 1.807) is 31.2 Å². The second-order valence-corrected chi connectivity index (χ2v) is 11.5. The third kappa shape index (κ3) is 7.75. The van der Waals surface area contributed by atoms with Gasteiger partial charge in [-0.3, -0.25) is 13.9 Å². The van der Waals surface area contributed by atoms with E-state index in [9.17, 15) is 22.4 Å². The lowest BCUT2D eigenvalue weighted by molar-refractivity contribution is -0.140. The molecule has 3 rings (SSSR count). The zero-order valence-corrected chi connectivity index (χ0v) is 24.7. The molecule has 0 bridgehead atoms. The number of anilines is 1. The van der Waals surface area contributed by atoms with E-state index in [-0.39, 0.29) is 41.2 Å². The zero-order valence-electron chi connectivity index (χ0n) is 23.8. The Labute approximate surface area is 240 Å². The molecule has 0 heterocycles. The minimum atomic E-state index is -4.29. The average Bonchev–Trinajstić information content (AvgIpc) is 2.96. The molecule has 0 saturated heterocycles. The number of nitrogens with one attached hydrogen (secondary N) is 1. The molecule has 0 saturated carbocycles. The van der Waals surface area contributed by atoms with Crippen molar-refractivity contribution in [2.45, 2.75) is 50.7 Å². The van der Waals surface area contributed by atoms with Crippen LogP contribution in [0.1, 0.15) is 32.8 Å². The lowest BCUT2D eigenvalue weighted by atomic mass is 10.1. The zero-order chi connectivity index (χ0) is 30.2. The van der Waals surface area contributed by atoms with Crippen LogP contribution < -0.4 is 19.1 Å². The molecule has 1 atom stereocenters. The molecule has 2 amide bonds. The van der Waals surface area contributed by atoms with Crippen molar-refractivity contribution in [2.75, 3.05) is 25.1 Å². The van der Waals surface area contributed by atoms with E-state index in [2.05, 4.69) is 5.32 Å². The van der Waals surface area contributed by atoms with Crippen LogP contribution in [0.3, 0.4) is 0 Å². The van der Waals surface area contributed by atoms with Gasteiger partial charge in [-0.05, 0) is 74.4 Å². The maximum atomic E-state index is 14.1. The van der Waals surface area contributed by atoms with E-state index >= 15 is 0 Å². The van der Waals surface area contributed by atoms with Gasteiger partial charge in [0.05, 0.1) is 24.8 Å². The molecule has 0 aliphatic heterocycles. The molecular weight excluding hydrogens is 549 g/mol. The van der Waals surface area contributed by atoms with Crippen LogP contribution in [0.4, 0.5) is 10.1 Å². The van der Waals surface area contributed by atoms with Crippen LogP contribution in [0.5, 0.6) is 11.5 Å². The maximum Gasteiger partial charge on any atom is 0.264 e. The summed E-state index contributed by atoms with van der Waals surface area (Å²) in [6.07, 6.45) is 0.269. The van der Waals surface area contributed by atoms with Crippen LogP contribution in [-0.2, 0) is 26.2 Å². The summed E-state index contributed by atoms with van der Waals surface area (Å²) in [6, 6.07) is 16.8. The molecule has 0 fully saturated rings. The van der Waals surface area contributed by atoms with Gasteiger partial charge in [-0.25, -0.2) is 12.8 Å². The number of benzene rings is 3. The highest BCUT2D eigenvalue weighted by Crippen LogP contribution is 2.33. The highest BCUT2D eigenvalue weighted by Gasteiger charge is 2.34. The van der Waals surface area contributed by atoms with Gasteiger partial charge in [0.2, 0.25) is 11.8 Å². The first-order valence-electron chi connectivity index (χ1n) is 13.2. The van der Waals surface area contributed by atoms with Crippen LogP contribution in [0.2, 0.25) is 0 Å². The molecule has 0 spiro atoms. The minimum absolute atomic E-state index is 0.0362. The Hall–Kier alpha value is -4.12. The van der Waals surface area contributed by atoms with Gasteiger partial charge in [-0.1, -0.05) is 31.2 Å². The molecule has 220 valence electrons. The number of halogens is 1. The summed E-state index contributed by atoms with van der Waals surface area (Å²) in [5.41, 5.74) is 0.734. The Morgan fingerprint density at radius 1 is 0.927 bits per heavy atom. The van der Waals surface area contributed by atoms with Gasteiger partial charge in [0.15, 0.2) is 0 Å². The highest BCUT2D eigenvalue weighted by molar-refractivity contribution is 7.92. The van der Waals surface area contributed by atoms with Crippen molar-refractivity contribution >= 4 is 27.5 Å². The van der Waals surface area contributed by atoms with E-state index < -0.39 is 34.3 Å². The Morgan fingerprint density at radius 2 is 1.56 bits per heavy atom. The lowest BCUT2D eigenvalue weighted by Gasteiger charge is -2.33. The average molecular weight is 586 g/mol. The summed E-state index contributed by atoms with van der Waals surface area (Å²) in [5.74, 6) is -0.726. The Morgan fingerprint density at radius 3 is 2.12 bits per heavy atom. The Balaban J connectivity index is 2.10. The standard InChI is InChI=1S/C30H36FN3O6S/c1-6-26(30(36)32-21(2)3)33(19-22-11-13-23(31)14-12-22)29(35)20-34(27-9-7-8-10-28(27)40-5)41(37,38)25-17-15-24(39-4)16-18-25/h7-18,21,26H,6,19-20H2,1-5H3,(H,32,36)/t26-/m0/s1. The van der Waals surface area contributed by atoms with Crippen LogP contribution in [0.15, 0.2) is 77.7 Å². The monoisotopic (exact) mass is 585 g/mol. The summed E-state index contributed by atoms with van der Waals surface area (Å²) in [6.45, 7) is 4.72. The molecule has 0 aliphatic carbocycles. The van der Waals surface area contributed by atoms with Gasteiger partial charge in [0.25, 0.3) is 10.0 Å². The fourth-order valence-electron chi connectivity index (χ4n) is 4.31. The first-order chi connectivity index (χ1) is 19.5. The summed E-state index contributed by atoms with van der Waals surface area (Å²) < 4.78 is 53.2. The molecule has 0 unspecified atom stereocenters. The van der Waals surface area contributed by atoms with E-state index in [1.807, 2.05) is 13.8 Å². The number of para-hydroxylation sites is 2. The van der Waals surface area contributed by atoms with Crippen molar-refractivity contribution in [2.24, 2.45) is 0 Å². The number of rotatable bonds is 13. The van der Waals surface area contributed by atoms with E-state index in [4.69, 9.17) is 9.47 Å². The van der Waals surface area contributed by atoms with E-state index in [0.29, 0.717) is 11.3 Å². The van der Waals surface area contributed by atoms with Gasteiger partial charge >= 0.3 is 0 Å². The van der Waals surface area contributed by atoms with Crippen molar-refractivity contribution < 1.29 is 31.9 Å². The number of hydrogen-bond acceptors (Lipinski definition) is 6. The molecular formula is C30H36FN3O6S. The highest BCUT2D eigenvalue weighted by atomic mass is 32.2. The number of ether oxygens (including phenoxy) is 2. The first-order valence-corrected chi connectivity index (χ1v) is 14.6. The van der Waals surface area contributed by atoms with Gasteiger partial charge in [0, 0.05) is 12.6 Å². The van der Waals surface area contributed by atoms with Gasteiger partial charge in [-0.2, -0.15) is 0 Å². The first kappa shape index (κ1) is 31.4. The SMILES string of the molecule is CC[C@@H](C(=O)NC(C)C)N(Cc1ccc(F)cc1)C(=O)CN(c1ccccc1OC)S(=O)(=O)c1ccc(OC)cc1. The topological polar surface area (TPSA) is 105 Å². The molecule has 9 nitrogen and oxygen atoms in total. The van der Waals surface area contributed by atoms with Crippen molar-refractivity contribution in [3.63, 3.8) is 0 Å². The van der Waals surface area contributed by atoms with Gasteiger partial charge < -0.3 is 19.7 Å². The number of carbonyl (C=O) groups excluding carboxylic acids is 2. The van der Waals surface area contributed by atoms with Crippen LogP contribution in [-0.4, -0.2) is 58.0 Å². The third-order valence-electron chi connectivity index (χ3n) is 6.36. The maximum absolute atomic E-state index is 14.1. The molecule has 3 aromatic carbocycles. The summed E-state index contributed by atoms with van der Waals surface area (Å²) in [5, 5.41) is 2.84. The molecule has 0 aliphatic rings. The predicted molar refractivity (Wildman–Crippen MR) is 155 cm³/mol. The number of amides is 2. The second-order valence-electron chi connectivity index (χ2n) is 9.59. The second kappa shape index (κ2) is 14.0. The minimum Gasteiger partial charge on any atom is -0.497 e. The molecule has 1 N–H and O–H groups in total. The fourth-order valence-corrected chi connectivity index (χ4v) is 5.74. The van der Waals surface area contributed by atoms with Crippen molar-refractivity contribution in [1.82, 2.24) is 10.2 Å². The number of sulfonamides is 1. The molecule has 3 aromatic rings. The van der Waals surface area contributed by atoms with E-state index in [1.165, 1.54) is 67.7 Å². The normalized spacial score (nSPS) is 12.0. The number of hydrogen-bond donors (Lipinski definition) is 1. The predicted octanol–water partition coefficient (Wildman–Crippen LogP) is 4.37. The van der Waals surface area contributed by atoms with Gasteiger partial charge in [-0.15, -0.1) is 0 Å². The summed E-state index contributed by atoms with van der Waals surface area (Å²) in [4.78, 5) is 28.5. The fraction of sp³-hybridized carbons (Fsp3) is 0.333. The number of carbonyl (C=O) groups is 2. The Bertz CT molecular complexity index is 1430. The number of methoxy groups -OCH3 is 2.